The molecule has 2 rings (SSSR count). The molecule has 1 aromatic carbocycles. The zero-order valence-corrected chi connectivity index (χ0v) is 10.2. The van der Waals surface area contributed by atoms with Gasteiger partial charge in [0.2, 0.25) is 0 Å². The number of rotatable bonds is 2. The van der Waals surface area contributed by atoms with Crippen LogP contribution in [0.25, 0.3) is 11.1 Å². The van der Waals surface area contributed by atoms with Gasteiger partial charge in [-0.3, -0.25) is 0 Å². The van der Waals surface area contributed by atoms with Gasteiger partial charge >= 0.3 is 0 Å². The van der Waals surface area contributed by atoms with Crippen molar-refractivity contribution < 1.29 is 4.52 Å². The van der Waals surface area contributed by atoms with Crippen molar-refractivity contribution in [2.75, 3.05) is 0 Å². The first-order valence-corrected chi connectivity index (χ1v) is 5.63. The molecule has 0 saturated carbocycles. The van der Waals surface area contributed by atoms with Gasteiger partial charge in [-0.2, -0.15) is 0 Å². The summed E-state index contributed by atoms with van der Waals surface area (Å²) in [4.78, 5) is 0. The van der Waals surface area contributed by atoms with Gasteiger partial charge in [-0.1, -0.05) is 43.3 Å². The maximum atomic E-state index is 5.18. The minimum Gasteiger partial charge on any atom is -0.361 e. The maximum Gasteiger partial charge on any atom is 0.141 e. The van der Waals surface area contributed by atoms with E-state index in [0.717, 1.165) is 17.0 Å². The van der Waals surface area contributed by atoms with E-state index in [1.54, 1.807) is 0 Å². The van der Waals surface area contributed by atoms with E-state index < -0.39 is 0 Å². The third-order valence-corrected chi connectivity index (χ3v) is 2.90. The summed E-state index contributed by atoms with van der Waals surface area (Å²) in [6.45, 7) is 8.32. The summed E-state index contributed by atoms with van der Waals surface area (Å²) >= 11 is 0. The van der Waals surface area contributed by atoms with Crippen molar-refractivity contribution >= 4 is 0 Å². The van der Waals surface area contributed by atoms with Crippen LogP contribution < -0.4 is 0 Å². The Morgan fingerprint density at radius 2 is 1.69 bits per heavy atom. The maximum absolute atomic E-state index is 5.18. The standard InChI is InChI=1S/C14H17NO/c1-9(2)12-5-7-13(8-6-12)14-10(3)15-16-11(14)4/h5-9H,1-4H3. The lowest BCUT2D eigenvalue weighted by atomic mass is 9.98. The Kier molecular flexibility index (Phi) is 2.82. The molecular formula is C14H17NO. The number of hydrogen-bond acceptors (Lipinski definition) is 2. The van der Waals surface area contributed by atoms with E-state index in [1.807, 2.05) is 13.8 Å². The zero-order valence-electron chi connectivity index (χ0n) is 10.2. The third-order valence-electron chi connectivity index (χ3n) is 2.90. The van der Waals surface area contributed by atoms with Crippen molar-refractivity contribution in [3.8, 4) is 11.1 Å². The summed E-state index contributed by atoms with van der Waals surface area (Å²) in [5.41, 5.74) is 4.61. The van der Waals surface area contributed by atoms with Crippen LogP contribution in [0.5, 0.6) is 0 Å². The summed E-state index contributed by atoms with van der Waals surface area (Å²) in [7, 11) is 0. The van der Waals surface area contributed by atoms with E-state index >= 15 is 0 Å². The Morgan fingerprint density at radius 3 is 2.12 bits per heavy atom. The molecule has 16 heavy (non-hydrogen) atoms. The van der Waals surface area contributed by atoms with E-state index in [2.05, 4.69) is 43.3 Å². The molecule has 0 amide bonds. The van der Waals surface area contributed by atoms with E-state index in [4.69, 9.17) is 4.52 Å². The quantitative estimate of drug-likeness (QED) is 0.754. The van der Waals surface area contributed by atoms with Gasteiger partial charge < -0.3 is 4.52 Å². The highest BCUT2D eigenvalue weighted by atomic mass is 16.5. The van der Waals surface area contributed by atoms with E-state index in [1.165, 1.54) is 11.1 Å². The SMILES string of the molecule is Cc1noc(C)c1-c1ccc(C(C)C)cc1. The van der Waals surface area contributed by atoms with Crippen LogP contribution in [0.2, 0.25) is 0 Å². The molecule has 0 aliphatic carbocycles. The topological polar surface area (TPSA) is 26.0 Å². The molecule has 0 aliphatic heterocycles. The fourth-order valence-corrected chi connectivity index (χ4v) is 1.93. The van der Waals surface area contributed by atoms with Crippen molar-refractivity contribution in [3.63, 3.8) is 0 Å². The van der Waals surface area contributed by atoms with Gasteiger partial charge in [0, 0.05) is 5.56 Å². The summed E-state index contributed by atoms with van der Waals surface area (Å²) in [6, 6.07) is 8.63. The second-order valence-electron chi connectivity index (χ2n) is 4.48. The molecule has 0 fully saturated rings. The minimum atomic E-state index is 0.568. The predicted molar refractivity (Wildman–Crippen MR) is 65.5 cm³/mol. The molecule has 2 aromatic rings. The van der Waals surface area contributed by atoms with Gasteiger partial charge in [-0.05, 0) is 30.9 Å². The van der Waals surface area contributed by atoms with Crippen LogP contribution in [-0.2, 0) is 0 Å². The van der Waals surface area contributed by atoms with Crippen molar-refractivity contribution in [2.24, 2.45) is 0 Å². The molecule has 0 N–H and O–H groups in total. The fourth-order valence-electron chi connectivity index (χ4n) is 1.93. The van der Waals surface area contributed by atoms with Gasteiger partial charge in [0.25, 0.3) is 0 Å². The highest BCUT2D eigenvalue weighted by Crippen LogP contribution is 2.27. The monoisotopic (exact) mass is 215 g/mol. The van der Waals surface area contributed by atoms with E-state index in [-0.39, 0.29) is 0 Å². The van der Waals surface area contributed by atoms with Crippen LogP contribution in [0, 0.1) is 13.8 Å². The van der Waals surface area contributed by atoms with Crippen LogP contribution in [0.1, 0.15) is 36.8 Å². The summed E-state index contributed by atoms with van der Waals surface area (Å²) < 4.78 is 5.18. The Labute approximate surface area is 96.3 Å². The van der Waals surface area contributed by atoms with E-state index in [9.17, 15) is 0 Å². The zero-order chi connectivity index (χ0) is 11.7. The first-order chi connectivity index (χ1) is 7.59. The van der Waals surface area contributed by atoms with Crippen LogP contribution in [0.3, 0.4) is 0 Å². The molecular weight excluding hydrogens is 198 g/mol. The summed E-state index contributed by atoms with van der Waals surface area (Å²) in [5, 5.41) is 3.98. The smallest absolute Gasteiger partial charge is 0.141 e. The molecule has 2 heteroatoms. The average molecular weight is 215 g/mol. The summed E-state index contributed by atoms with van der Waals surface area (Å²) in [6.07, 6.45) is 0. The molecule has 0 spiro atoms. The second-order valence-corrected chi connectivity index (χ2v) is 4.48. The molecule has 84 valence electrons. The molecule has 2 nitrogen and oxygen atoms in total. The number of nitrogens with zero attached hydrogens (tertiary/aromatic N) is 1. The fraction of sp³-hybridized carbons (Fsp3) is 0.357. The number of benzene rings is 1. The van der Waals surface area contributed by atoms with Crippen LogP contribution in [-0.4, -0.2) is 5.16 Å². The number of aryl methyl sites for hydroxylation is 2. The minimum absolute atomic E-state index is 0.568. The normalized spacial score (nSPS) is 11.1. The predicted octanol–water partition coefficient (Wildman–Crippen LogP) is 4.08. The van der Waals surface area contributed by atoms with Crippen LogP contribution in [0.4, 0.5) is 0 Å². The Hall–Kier alpha value is -1.57. The molecule has 0 radical (unpaired) electrons. The molecule has 0 saturated heterocycles. The first kappa shape index (κ1) is 10.9. The number of aromatic nitrogens is 1. The molecule has 0 aliphatic rings. The third kappa shape index (κ3) is 1.87. The average Bonchev–Trinajstić information content (AvgIpc) is 2.59. The number of hydrogen-bond donors (Lipinski definition) is 0. The Balaban J connectivity index is 2.42. The molecule has 0 atom stereocenters. The van der Waals surface area contributed by atoms with Gasteiger partial charge in [0.05, 0.1) is 5.69 Å². The van der Waals surface area contributed by atoms with Gasteiger partial charge in [-0.15, -0.1) is 0 Å². The molecule has 0 bridgehead atoms. The van der Waals surface area contributed by atoms with Crippen molar-refractivity contribution in [3.05, 3.63) is 41.3 Å². The van der Waals surface area contributed by atoms with Crippen molar-refractivity contribution in [1.29, 1.82) is 0 Å². The summed E-state index contributed by atoms with van der Waals surface area (Å²) in [5.74, 6) is 1.45. The lowest BCUT2D eigenvalue weighted by Crippen LogP contribution is -1.87. The first-order valence-electron chi connectivity index (χ1n) is 5.63. The van der Waals surface area contributed by atoms with Crippen LogP contribution >= 0.6 is 0 Å². The van der Waals surface area contributed by atoms with Gasteiger partial charge in [0.1, 0.15) is 5.76 Å². The van der Waals surface area contributed by atoms with E-state index in [0.29, 0.717) is 5.92 Å². The highest BCUT2D eigenvalue weighted by molar-refractivity contribution is 5.67. The Bertz CT molecular complexity index is 460. The highest BCUT2D eigenvalue weighted by Gasteiger charge is 2.11. The molecule has 1 heterocycles. The molecule has 0 unspecified atom stereocenters. The van der Waals surface area contributed by atoms with Crippen molar-refractivity contribution in [1.82, 2.24) is 5.16 Å². The lowest BCUT2D eigenvalue weighted by Gasteiger charge is -2.06. The molecule has 1 aromatic heterocycles. The van der Waals surface area contributed by atoms with Gasteiger partial charge in [0.15, 0.2) is 0 Å². The van der Waals surface area contributed by atoms with Crippen LogP contribution in [0.15, 0.2) is 28.8 Å². The largest absolute Gasteiger partial charge is 0.361 e. The second kappa shape index (κ2) is 4.12. The lowest BCUT2D eigenvalue weighted by molar-refractivity contribution is 0.393. The van der Waals surface area contributed by atoms with Crippen molar-refractivity contribution in [2.45, 2.75) is 33.6 Å². The Morgan fingerprint density at radius 1 is 1.06 bits per heavy atom. The van der Waals surface area contributed by atoms with Gasteiger partial charge in [-0.25, -0.2) is 0 Å².